The van der Waals surface area contributed by atoms with Gasteiger partial charge < -0.3 is 15.0 Å². The molecule has 5 nitrogen and oxygen atoms in total. The molecule has 3 aromatic rings. The van der Waals surface area contributed by atoms with Crippen LogP contribution in [0, 0.1) is 0 Å². The number of hydrogen-bond acceptors (Lipinski definition) is 3. The lowest BCUT2D eigenvalue weighted by molar-refractivity contribution is -0.885. The van der Waals surface area contributed by atoms with Gasteiger partial charge in [-0.2, -0.15) is 0 Å². The Kier molecular flexibility index (Phi) is 6.40. The summed E-state index contributed by atoms with van der Waals surface area (Å²) >= 11 is 0. The largest absolute Gasteiger partial charge is 0.465 e. The maximum Gasteiger partial charge on any atom is 0.337 e. The summed E-state index contributed by atoms with van der Waals surface area (Å²) in [5.74, 6) is -0.371. The van der Waals surface area contributed by atoms with Gasteiger partial charge in [-0.3, -0.25) is 4.79 Å². The number of hydrogen-bond donors (Lipinski definition) is 2. The van der Waals surface area contributed by atoms with Gasteiger partial charge in [-0.1, -0.05) is 48.5 Å². The van der Waals surface area contributed by atoms with Crippen LogP contribution in [0.3, 0.4) is 0 Å². The topological polar surface area (TPSA) is 59.8 Å². The van der Waals surface area contributed by atoms with Crippen molar-refractivity contribution in [3.05, 3.63) is 83.4 Å². The van der Waals surface area contributed by atoms with E-state index in [-0.39, 0.29) is 11.9 Å². The molecule has 0 radical (unpaired) electrons. The average Bonchev–Trinajstić information content (AvgIpc) is 2.72. The second-order valence-corrected chi connectivity index (χ2v) is 6.96. The molecule has 0 heterocycles. The summed E-state index contributed by atoms with van der Waals surface area (Å²) in [4.78, 5) is 24.8. The molecule has 0 fully saturated rings. The smallest absolute Gasteiger partial charge is 0.337 e. The first-order valence-corrected chi connectivity index (χ1v) is 9.28. The van der Waals surface area contributed by atoms with Crippen molar-refractivity contribution >= 4 is 22.6 Å². The highest BCUT2D eigenvalue weighted by molar-refractivity contribution is 5.89. The summed E-state index contributed by atoms with van der Waals surface area (Å²) in [6.45, 7) is 1.61. The van der Waals surface area contributed by atoms with Crippen LogP contribution >= 0.6 is 0 Å². The normalized spacial score (nSPS) is 11.8. The van der Waals surface area contributed by atoms with Gasteiger partial charge in [0.1, 0.15) is 6.54 Å². The third-order valence-corrected chi connectivity index (χ3v) is 4.65. The van der Waals surface area contributed by atoms with Gasteiger partial charge in [-0.05, 0) is 34.5 Å². The van der Waals surface area contributed by atoms with Crippen LogP contribution in [0.15, 0.2) is 66.7 Å². The summed E-state index contributed by atoms with van der Waals surface area (Å²) in [6.07, 6.45) is 0. The van der Waals surface area contributed by atoms with Gasteiger partial charge in [0, 0.05) is 12.1 Å². The molecule has 1 amide bonds. The van der Waals surface area contributed by atoms with E-state index in [0.29, 0.717) is 18.7 Å². The molecule has 28 heavy (non-hydrogen) atoms. The quantitative estimate of drug-likeness (QED) is 0.619. The number of esters is 1. The summed E-state index contributed by atoms with van der Waals surface area (Å²) in [5, 5.41) is 5.37. The Morgan fingerprint density at radius 2 is 1.61 bits per heavy atom. The fourth-order valence-electron chi connectivity index (χ4n) is 3.17. The number of carbonyl (C=O) groups is 2. The van der Waals surface area contributed by atoms with E-state index in [2.05, 4.69) is 40.4 Å². The predicted octanol–water partition coefficient (Wildman–Crippen LogP) is 1.96. The van der Waals surface area contributed by atoms with Crippen LogP contribution in [0.5, 0.6) is 0 Å². The number of carbonyl (C=O) groups excluding carboxylic acids is 2. The Balaban J connectivity index is 1.49. The summed E-state index contributed by atoms with van der Waals surface area (Å²) in [5.41, 5.74) is 2.65. The van der Waals surface area contributed by atoms with Crippen LogP contribution in [0.2, 0.25) is 0 Å². The summed E-state index contributed by atoms with van der Waals surface area (Å²) in [7, 11) is 3.37. The number of likely N-dealkylation sites (N-methyl/N-ethyl adjacent to an activating group) is 1. The van der Waals surface area contributed by atoms with Gasteiger partial charge in [0.05, 0.1) is 19.7 Å². The lowest BCUT2D eigenvalue weighted by Gasteiger charge is -2.14. The van der Waals surface area contributed by atoms with Crippen molar-refractivity contribution in [2.45, 2.75) is 13.1 Å². The molecule has 0 spiro atoms. The van der Waals surface area contributed by atoms with Crippen LogP contribution in [0.1, 0.15) is 21.5 Å². The van der Waals surface area contributed by atoms with Gasteiger partial charge in [-0.25, -0.2) is 4.79 Å². The Hall–Kier alpha value is -3.18. The average molecular weight is 377 g/mol. The molecule has 0 aliphatic heterocycles. The van der Waals surface area contributed by atoms with Crippen LogP contribution in [0.4, 0.5) is 0 Å². The van der Waals surface area contributed by atoms with Crippen LogP contribution < -0.4 is 10.2 Å². The van der Waals surface area contributed by atoms with Gasteiger partial charge in [0.25, 0.3) is 5.91 Å². The van der Waals surface area contributed by atoms with Crippen LogP contribution in [-0.2, 0) is 22.6 Å². The molecule has 5 heteroatoms. The molecule has 0 aliphatic rings. The first kappa shape index (κ1) is 19.6. The predicted molar refractivity (Wildman–Crippen MR) is 109 cm³/mol. The van der Waals surface area contributed by atoms with Crippen LogP contribution in [0.25, 0.3) is 10.8 Å². The van der Waals surface area contributed by atoms with Crippen LogP contribution in [-0.4, -0.2) is 32.6 Å². The minimum absolute atomic E-state index is 0.00432. The highest BCUT2D eigenvalue weighted by atomic mass is 16.5. The SMILES string of the molecule is COC(=O)c1ccc(CNC(=O)C[NH+](C)Cc2ccc3ccccc3c2)cc1. The van der Waals surface area contributed by atoms with Gasteiger partial charge in [0.2, 0.25) is 0 Å². The van der Waals surface area contributed by atoms with E-state index in [4.69, 9.17) is 0 Å². The van der Waals surface area contributed by atoms with E-state index in [1.807, 2.05) is 31.3 Å². The lowest BCUT2D eigenvalue weighted by Crippen LogP contribution is -3.08. The molecule has 0 saturated carbocycles. The molecule has 0 bridgehead atoms. The molecule has 3 rings (SSSR count). The second kappa shape index (κ2) is 9.15. The first-order chi connectivity index (χ1) is 13.5. The molecule has 0 saturated heterocycles. The monoisotopic (exact) mass is 377 g/mol. The molecule has 3 aromatic carbocycles. The van der Waals surface area contributed by atoms with E-state index < -0.39 is 0 Å². The maximum atomic E-state index is 12.2. The first-order valence-electron chi connectivity index (χ1n) is 9.28. The zero-order valence-electron chi connectivity index (χ0n) is 16.2. The molecule has 1 atom stereocenters. The van der Waals surface area contributed by atoms with Crippen molar-refractivity contribution in [3.8, 4) is 0 Å². The van der Waals surface area contributed by atoms with Crippen molar-refractivity contribution in [2.75, 3.05) is 20.7 Å². The van der Waals surface area contributed by atoms with Crippen molar-refractivity contribution in [1.82, 2.24) is 5.32 Å². The Morgan fingerprint density at radius 3 is 2.32 bits per heavy atom. The van der Waals surface area contributed by atoms with E-state index in [0.717, 1.165) is 17.0 Å². The third kappa shape index (κ3) is 5.18. The Labute approximate surface area is 164 Å². The number of fused-ring (bicyclic) bond motifs is 1. The number of ether oxygens (including phenoxy) is 1. The van der Waals surface area contributed by atoms with Crippen molar-refractivity contribution in [1.29, 1.82) is 0 Å². The zero-order valence-corrected chi connectivity index (χ0v) is 16.2. The van der Waals surface area contributed by atoms with E-state index in [9.17, 15) is 9.59 Å². The molecule has 0 aliphatic carbocycles. The molecule has 144 valence electrons. The highest BCUT2D eigenvalue weighted by Crippen LogP contribution is 2.15. The number of quaternary nitrogens is 1. The van der Waals surface area contributed by atoms with Gasteiger partial charge in [0.15, 0.2) is 6.54 Å². The van der Waals surface area contributed by atoms with E-state index in [1.54, 1.807) is 12.1 Å². The summed E-state index contributed by atoms with van der Waals surface area (Å²) < 4.78 is 4.68. The number of nitrogens with one attached hydrogen (secondary N) is 2. The standard InChI is InChI=1S/C23H24N2O3/c1-25(15-18-9-10-19-5-3-4-6-21(19)13-18)16-22(26)24-14-17-7-11-20(12-8-17)23(27)28-2/h3-13H,14-16H2,1-2H3,(H,24,26)/p+1. The molecule has 0 aromatic heterocycles. The Bertz CT molecular complexity index is 967. The van der Waals surface area contributed by atoms with E-state index >= 15 is 0 Å². The second-order valence-electron chi connectivity index (χ2n) is 6.96. The minimum Gasteiger partial charge on any atom is -0.465 e. The van der Waals surface area contributed by atoms with Crippen molar-refractivity contribution < 1.29 is 19.2 Å². The molecular formula is C23H25N2O3+. The minimum atomic E-state index is -0.366. The van der Waals surface area contributed by atoms with Crippen molar-refractivity contribution in [2.24, 2.45) is 0 Å². The number of benzene rings is 3. The van der Waals surface area contributed by atoms with E-state index in [1.165, 1.54) is 23.4 Å². The fraction of sp³-hybridized carbons (Fsp3) is 0.217. The molecule has 1 unspecified atom stereocenters. The number of amides is 1. The molecule has 2 N–H and O–H groups in total. The third-order valence-electron chi connectivity index (χ3n) is 4.65. The highest BCUT2D eigenvalue weighted by Gasteiger charge is 2.11. The van der Waals surface area contributed by atoms with Gasteiger partial charge in [-0.15, -0.1) is 0 Å². The van der Waals surface area contributed by atoms with Crippen molar-refractivity contribution in [3.63, 3.8) is 0 Å². The number of rotatable bonds is 7. The maximum absolute atomic E-state index is 12.2. The zero-order chi connectivity index (χ0) is 19.9. The lowest BCUT2D eigenvalue weighted by atomic mass is 10.1. The molecular weight excluding hydrogens is 352 g/mol. The fourth-order valence-corrected chi connectivity index (χ4v) is 3.17. The summed E-state index contributed by atoms with van der Waals surface area (Å²) in [6, 6.07) is 21.7. The Morgan fingerprint density at radius 1 is 0.929 bits per heavy atom. The van der Waals surface area contributed by atoms with Gasteiger partial charge >= 0.3 is 5.97 Å². The number of methoxy groups -OCH3 is 1.